The zero-order valence-electron chi connectivity index (χ0n) is 14.6. The van der Waals surface area contributed by atoms with E-state index in [9.17, 15) is 21.6 Å². The maximum Gasteiger partial charge on any atom is 0.416 e. The summed E-state index contributed by atoms with van der Waals surface area (Å²) in [5.41, 5.74) is 4.98. The Labute approximate surface area is 151 Å². The zero-order valence-corrected chi connectivity index (χ0v) is 15.5. The summed E-state index contributed by atoms with van der Waals surface area (Å²) in [5, 5.41) is 3.11. The summed E-state index contributed by atoms with van der Waals surface area (Å²) in [6.45, 7) is -0.127. The normalized spacial score (nSPS) is 17.8. The van der Waals surface area contributed by atoms with E-state index in [1.165, 1.54) is 18.9 Å². The fourth-order valence-corrected chi connectivity index (χ4v) is 3.69. The van der Waals surface area contributed by atoms with Gasteiger partial charge in [0.2, 0.25) is 0 Å². The quantitative estimate of drug-likeness (QED) is 0.469. The van der Waals surface area contributed by atoms with Crippen LogP contribution < -0.4 is 11.1 Å². The molecule has 26 heavy (non-hydrogen) atoms. The second-order valence-electron chi connectivity index (χ2n) is 6.67. The lowest BCUT2D eigenvalue weighted by Crippen LogP contribution is -2.39. The number of aliphatic imine (C=N–C) groups is 1. The molecule has 0 saturated heterocycles. The number of benzene rings is 1. The second-order valence-corrected chi connectivity index (χ2v) is 8.69. The fourth-order valence-electron chi connectivity index (χ4n) is 2.98. The molecule has 5 nitrogen and oxygen atoms in total. The first-order valence-electron chi connectivity index (χ1n) is 8.53. The highest BCUT2D eigenvalue weighted by atomic mass is 32.2. The van der Waals surface area contributed by atoms with E-state index in [1.54, 1.807) is 0 Å². The van der Waals surface area contributed by atoms with Crippen LogP contribution in [0.3, 0.4) is 0 Å². The third-order valence-corrected chi connectivity index (χ3v) is 5.45. The molecule has 2 rings (SSSR count). The molecule has 0 spiro atoms. The Morgan fingerprint density at radius 1 is 1.19 bits per heavy atom. The van der Waals surface area contributed by atoms with Crippen molar-refractivity contribution in [2.75, 3.05) is 6.26 Å². The standard InChI is InChI=1S/C17H24F3N3O2S/c1-26(24,25)15-9-12(8-13(10-15)17(18,19)20)11-22-16(21)23-14-6-4-2-3-5-7-14/h8-10,14H,2-7,11H2,1H3,(H3,21,22,23). The molecule has 0 radical (unpaired) electrons. The highest BCUT2D eigenvalue weighted by Gasteiger charge is 2.32. The summed E-state index contributed by atoms with van der Waals surface area (Å²) in [6.07, 6.45) is 2.80. The molecule has 0 unspecified atom stereocenters. The summed E-state index contributed by atoms with van der Waals surface area (Å²) in [6, 6.07) is 2.95. The van der Waals surface area contributed by atoms with E-state index in [1.807, 2.05) is 0 Å². The van der Waals surface area contributed by atoms with Gasteiger partial charge in [0.05, 0.1) is 17.0 Å². The molecule has 0 aromatic heterocycles. The Morgan fingerprint density at radius 3 is 2.35 bits per heavy atom. The summed E-state index contributed by atoms with van der Waals surface area (Å²) in [7, 11) is -3.77. The topological polar surface area (TPSA) is 84.5 Å². The summed E-state index contributed by atoms with van der Waals surface area (Å²) >= 11 is 0. The van der Waals surface area contributed by atoms with Crippen LogP contribution in [0, 0.1) is 0 Å². The number of hydrogen-bond acceptors (Lipinski definition) is 3. The molecule has 1 aromatic carbocycles. The van der Waals surface area contributed by atoms with Crippen LogP contribution in [-0.2, 0) is 22.6 Å². The highest BCUT2D eigenvalue weighted by molar-refractivity contribution is 7.90. The van der Waals surface area contributed by atoms with Gasteiger partial charge < -0.3 is 11.1 Å². The number of rotatable bonds is 4. The van der Waals surface area contributed by atoms with Gasteiger partial charge in [0.15, 0.2) is 15.8 Å². The van der Waals surface area contributed by atoms with Gasteiger partial charge in [0, 0.05) is 12.3 Å². The molecule has 9 heteroatoms. The monoisotopic (exact) mass is 391 g/mol. The number of sulfone groups is 1. The van der Waals surface area contributed by atoms with E-state index in [2.05, 4.69) is 10.3 Å². The smallest absolute Gasteiger partial charge is 0.370 e. The van der Waals surface area contributed by atoms with Crippen LogP contribution in [0.5, 0.6) is 0 Å². The predicted molar refractivity (Wildman–Crippen MR) is 94.5 cm³/mol. The highest BCUT2D eigenvalue weighted by Crippen LogP contribution is 2.32. The minimum Gasteiger partial charge on any atom is -0.370 e. The molecule has 1 aliphatic carbocycles. The van der Waals surface area contributed by atoms with Gasteiger partial charge in [-0.2, -0.15) is 13.2 Å². The Balaban J connectivity index is 2.16. The van der Waals surface area contributed by atoms with Crippen molar-refractivity contribution in [2.45, 2.75) is 62.2 Å². The van der Waals surface area contributed by atoms with Gasteiger partial charge in [-0.15, -0.1) is 0 Å². The van der Waals surface area contributed by atoms with E-state index in [0.717, 1.165) is 38.0 Å². The van der Waals surface area contributed by atoms with Crippen LogP contribution >= 0.6 is 0 Å². The van der Waals surface area contributed by atoms with Crippen molar-refractivity contribution < 1.29 is 21.6 Å². The molecule has 1 aliphatic rings. The SMILES string of the molecule is CS(=O)(=O)c1cc(CN=C(N)NC2CCCCCC2)cc(C(F)(F)F)c1. The lowest BCUT2D eigenvalue weighted by Gasteiger charge is -2.16. The Kier molecular flexibility index (Phi) is 6.54. The molecule has 3 N–H and O–H groups in total. The number of nitrogens with two attached hydrogens (primary N) is 1. The van der Waals surface area contributed by atoms with E-state index in [4.69, 9.17) is 5.73 Å². The molecule has 0 aliphatic heterocycles. The lowest BCUT2D eigenvalue weighted by molar-refractivity contribution is -0.137. The summed E-state index contributed by atoms with van der Waals surface area (Å²) in [5.74, 6) is 0.162. The van der Waals surface area contributed by atoms with Gasteiger partial charge in [-0.05, 0) is 36.6 Å². The van der Waals surface area contributed by atoms with Crippen molar-refractivity contribution in [3.05, 3.63) is 29.3 Å². The van der Waals surface area contributed by atoms with Crippen molar-refractivity contribution in [2.24, 2.45) is 10.7 Å². The summed E-state index contributed by atoms with van der Waals surface area (Å²) < 4.78 is 62.4. The van der Waals surface area contributed by atoms with Crippen LogP contribution in [0.4, 0.5) is 13.2 Å². The predicted octanol–water partition coefficient (Wildman–Crippen LogP) is 3.24. The van der Waals surface area contributed by atoms with Crippen molar-refractivity contribution in [1.29, 1.82) is 0 Å². The molecule has 1 fully saturated rings. The van der Waals surface area contributed by atoms with Gasteiger partial charge in [-0.1, -0.05) is 25.7 Å². The third kappa shape index (κ3) is 6.19. The average molecular weight is 391 g/mol. The molecule has 146 valence electrons. The first kappa shape index (κ1) is 20.5. The van der Waals surface area contributed by atoms with Gasteiger partial charge in [0.1, 0.15) is 0 Å². The molecule has 0 atom stereocenters. The number of guanidine groups is 1. The second kappa shape index (κ2) is 8.28. The van der Waals surface area contributed by atoms with Crippen molar-refractivity contribution in [3.8, 4) is 0 Å². The first-order valence-corrected chi connectivity index (χ1v) is 10.4. The van der Waals surface area contributed by atoms with Crippen molar-refractivity contribution in [1.82, 2.24) is 5.32 Å². The minimum atomic E-state index is -4.64. The van der Waals surface area contributed by atoms with Gasteiger partial charge in [0.25, 0.3) is 0 Å². The maximum atomic E-state index is 13.0. The molecule has 1 aromatic rings. The first-order chi connectivity index (χ1) is 12.1. The lowest BCUT2D eigenvalue weighted by atomic mass is 10.1. The van der Waals surface area contributed by atoms with Gasteiger partial charge in [-0.3, -0.25) is 0 Å². The van der Waals surface area contributed by atoms with Crippen molar-refractivity contribution >= 4 is 15.8 Å². The number of nitrogens with zero attached hydrogens (tertiary/aromatic N) is 1. The Morgan fingerprint density at radius 2 is 1.81 bits per heavy atom. The van der Waals surface area contributed by atoms with Crippen LogP contribution in [0.1, 0.15) is 49.7 Å². The number of alkyl halides is 3. The van der Waals surface area contributed by atoms with Crippen LogP contribution in [0.15, 0.2) is 28.1 Å². The van der Waals surface area contributed by atoms with Crippen LogP contribution in [0.2, 0.25) is 0 Å². The average Bonchev–Trinajstić information content (AvgIpc) is 2.79. The van der Waals surface area contributed by atoms with Gasteiger partial charge in [-0.25, -0.2) is 13.4 Å². The molecular weight excluding hydrogens is 367 g/mol. The Hall–Kier alpha value is -1.77. The Bertz CT molecular complexity index is 753. The molecule has 0 heterocycles. The molecular formula is C17H24F3N3O2S. The number of halogens is 3. The third-order valence-electron chi connectivity index (χ3n) is 4.36. The zero-order chi connectivity index (χ0) is 19.4. The van der Waals surface area contributed by atoms with Crippen LogP contribution in [0.25, 0.3) is 0 Å². The largest absolute Gasteiger partial charge is 0.416 e. The van der Waals surface area contributed by atoms with Crippen LogP contribution in [-0.4, -0.2) is 26.7 Å². The minimum absolute atomic E-state index is 0.127. The van der Waals surface area contributed by atoms with Crippen molar-refractivity contribution in [3.63, 3.8) is 0 Å². The molecule has 0 bridgehead atoms. The van der Waals surface area contributed by atoms with E-state index in [0.29, 0.717) is 6.07 Å². The maximum absolute atomic E-state index is 13.0. The van der Waals surface area contributed by atoms with Gasteiger partial charge >= 0.3 is 6.18 Å². The number of nitrogens with one attached hydrogen (secondary N) is 1. The van der Waals surface area contributed by atoms with E-state index >= 15 is 0 Å². The molecule has 0 amide bonds. The van der Waals surface area contributed by atoms with E-state index < -0.39 is 21.6 Å². The van der Waals surface area contributed by atoms with E-state index in [-0.39, 0.29) is 29.0 Å². The number of hydrogen-bond donors (Lipinski definition) is 2. The fraction of sp³-hybridized carbons (Fsp3) is 0.588. The summed E-state index contributed by atoms with van der Waals surface area (Å²) in [4.78, 5) is 3.70. The molecule has 1 saturated carbocycles.